The number of benzene rings is 2. The Morgan fingerprint density at radius 2 is 1.12 bits per heavy atom. The molecule has 0 heterocycles. The van der Waals surface area contributed by atoms with Crippen LogP contribution in [-0.2, 0) is 20.7 Å². The zero-order valence-corrected chi connectivity index (χ0v) is 33.2. The van der Waals surface area contributed by atoms with Crippen LogP contribution in [0.4, 0.5) is 0 Å². The maximum Gasteiger partial charge on any atom is 0.343 e. The van der Waals surface area contributed by atoms with Crippen LogP contribution >= 0.6 is 0 Å². The van der Waals surface area contributed by atoms with Crippen LogP contribution in [0, 0.1) is 5.92 Å². The molecule has 0 saturated carbocycles. The van der Waals surface area contributed by atoms with Gasteiger partial charge in [0.1, 0.15) is 11.5 Å². The first kappa shape index (κ1) is 44.9. The number of unbranched alkanes of at least 4 members (excludes halogenated alkanes) is 13. The number of carbonyl (C=O) groups excluding carboxylic acids is 2. The molecule has 2 rings (SSSR count). The van der Waals surface area contributed by atoms with E-state index in [0.29, 0.717) is 49.7 Å². The molecule has 0 N–H and O–H groups in total. The summed E-state index contributed by atoms with van der Waals surface area (Å²) in [5.41, 5.74) is 1.81. The average molecular weight is 721 g/mol. The summed E-state index contributed by atoms with van der Waals surface area (Å²) >= 11 is 0. The first-order chi connectivity index (χ1) is 25.4. The van der Waals surface area contributed by atoms with Crippen molar-refractivity contribution in [2.75, 3.05) is 19.8 Å². The molecule has 1 unspecified atom stereocenters. The lowest BCUT2D eigenvalue weighted by atomic mass is 9.90. The molecule has 0 radical (unpaired) electrons. The van der Waals surface area contributed by atoms with E-state index in [1.807, 2.05) is 24.3 Å². The van der Waals surface area contributed by atoms with Crippen molar-refractivity contribution in [3.63, 3.8) is 0 Å². The van der Waals surface area contributed by atoms with Crippen molar-refractivity contribution in [1.29, 1.82) is 0 Å². The van der Waals surface area contributed by atoms with Gasteiger partial charge in [-0.3, -0.25) is 4.79 Å². The predicted octanol–water partition coefficient (Wildman–Crippen LogP) is 13.2. The second-order valence-corrected chi connectivity index (χ2v) is 14.4. The number of ether oxygens (including phenoxy) is 4. The number of aryl methyl sites for hydroxylation is 1. The maximum atomic E-state index is 12.7. The molecule has 0 saturated heterocycles. The van der Waals surface area contributed by atoms with Crippen molar-refractivity contribution in [2.24, 2.45) is 5.92 Å². The third-order valence-electron chi connectivity index (χ3n) is 9.71. The van der Waals surface area contributed by atoms with Crippen LogP contribution in [0.5, 0.6) is 11.5 Å². The summed E-state index contributed by atoms with van der Waals surface area (Å²) in [4.78, 5) is 24.7. The number of rotatable bonds is 33. The van der Waals surface area contributed by atoms with Crippen molar-refractivity contribution >= 4 is 11.9 Å². The zero-order valence-electron chi connectivity index (χ0n) is 33.2. The van der Waals surface area contributed by atoms with Gasteiger partial charge in [0.05, 0.1) is 37.6 Å². The molecule has 52 heavy (non-hydrogen) atoms. The van der Waals surface area contributed by atoms with Gasteiger partial charge in [-0.2, -0.15) is 0 Å². The summed E-state index contributed by atoms with van der Waals surface area (Å²) < 4.78 is 22.6. The Hall–Kier alpha value is -3.28. The van der Waals surface area contributed by atoms with Crippen molar-refractivity contribution in [2.45, 2.75) is 168 Å². The van der Waals surface area contributed by atoms with Crippen LogP contribution < -0.4 is 9.47 Å². The van der Waals surface area contributed by atoms with Crippen molar-refractivity contribution in [3.05, 3.63) is 72.0 Å². The Morgan fingerprint density at radius 3 is 1.75 bits per heavy atom. The molecular formula is C46H72O6. The fourth-order valence-corrected chi connectivity index (χ4v) is 6.42. The fraction of sp³-hybridized carbons (Fsp3) is 0.652. The fourth-order valence-electron chi connectivity index (χ4n) is 6.42. The summed E-state index contributed by atoms with van der Waals surface area (Å²) in [6.45, 7) is 12.5. The Kier molecular flexibility index (Phi) is 26.1. The van der Waals surface area contributed by atoms with Gasteiger partial charge in [-0.05, 0) is 80.0 Å². The molecule has 0 spiro atoms. The van der Waals surface area contributed by atoms with Crippen LogP contribution in [0.3, 0.4) is 0 Å². The summed E-state index contributed by atoms with van der Waals surface area (Å²) in [7, 11) is 0. The van der Waals surface area contributed by atoms with Crippen LogP contribution in [0.15, 0.2) is 60.9 Å². The number of carbonyl (C=O) groups is 2. The van der Waals surface area contributed by atoms with E-state index in [4.69, 9.17) is 18.9 Å². The van der Waals surface area contributed by atoms with Crippen molar-refractivity contribution in [1.82, 2.24) is 0 Å². The van der Waals surface area contributed by atoms with Gasteiger partial charge in [0.2, 0.25) is 0 Å². The van der Waals surface area contributed by atoms with Gasteiger partial charge in [-0.15, -0.1) is 0 Å². The highest BCUT2D eigenvalue weighted by atomic mass is 16.5. The molecule has 0 aliphatic rings. The molecule has 0 bridgehead atoms. The molecule has 2 aromatic carbocycles. The van der Waals surface area contributed by atoms with E-state index >= 15 is 0 Å². The lowest BCUT2D eigenvalue weighted by Gasteiger charge is -2.16. The topological polar surface area (TPSA) is 71.1 Å². The van der Waals surface area contributed by atoms with Crippen molar-refractivity contribution < 1.29 is 28.5 Å². The molecule has 0 aromatic heterocycles. The van der Waals surface area contributed by atoms with Gasteiger partial charge in [-0.25, -0.2) is 4.79 Å². The Morgan fingerprint density at radius 1 is 0.558 bits per heavy atom. The summed E-state index contributed by atoms with van der Waals surface area (Å²) in [6, 6.07) is 15.2. The maximum absolute atomic E-state index is 12.7. The van der Waals surface area contributed by atoms with E-state index < -0.39 is 0 Å². The first-order valence-electron chi connectivity index (χ1n) is 20.9. The smallest absolute Gasteiger partial charge is 0.343 e. The molecule has 0 amide bonds. The highest BCUT2D eigenvalue weighted by Crippen LogP contribution is 2.23. The first-order valence-corrected chi connectivity index (χ1v) is 20.9. The number of hydrogen-bond acceptors (Lipinski definition) is 6. The zero-order chi connectivity index (χ0) is 37.5. The molecule has 2 aromatic rings. The van der Waals surface area contributed by atoms with Crippen LogP contribution in [-0.4, -0.2) is 31.8 Å². The minimum absolute atomic E-state index is 0.160. The molecule has 6 heteroatoms. The number of allylic oxidation sites excluding steroid dienone is 1. The van der Waals surface area contributed by atoms with E-state index in [1.54, 1.807) is 12.1 Å². The molecule has 0 aliphatic heterocycles. The second kappa shape index (κ2) is 30.2. The molecule has 0 fully saturated rings. The monoisotopic (exact) mass is 721 g/mol. The highest BCUT2D eigenvalue weighted by molar-refractivity contribution is 5.91. The third kappa shape index (κ3) is 22.6. The average Bonchev–Trinajstić information content (AvgIpc) is 3.15. The van der Waals surface area contributed by atoms with Crippen LogP contribution in [0.2, 0.25) is 0 Å². The van der Waals surface area contributed by atoms with Gasteiger partial charge in [0.15, 0.2) is 0 Å². The molecule has 6 nitrogen and oxygen atoms in total. The van der Waals surface area contributed by atoms with Crippen molar-refractivity contribution in [3.8, 4) is 11.5 Å². The SMILES string of the molecule is C=C(CCC(=O)OCCCCCCCCC)OCCCCCCCCOc1ccc(C(=O)Oc2ccc(CCC(CCC)CCCCC)cc2)cc1. The van der Waals surface area contributed by atoms with Gasteiger partial charge >= 0.3 is 11.9 Å². The van der Waals surface area contributed by atoms with E-state index in [1.165, 1.54) is 82.6 Å². The number of hydrogen-bond donors (Lipinski definition) is 0. The third-order valence-corrected chi connectivity index (χ3v) is 9.71. The lowest BCUT2D eigenvalue weighted by Crippen LogP contribution is -2.08. The Balaban J connectivity index is 1.47. The molecule has 292 valence electrons. The van der Waals surface area contributed by atoms with E-state index in [9.17, 15) is 9.59 Å². The summed E-state index contributed by atoms with van der Waals surface area (Å²) in [5.74, 6) is 2.28. The van der Waals surface area contributed by atoms with Gasteiger partial charge in [0, 0.05) is 6.42 Å². The predicted molar refractivity (Wildman–Crippen MR) is 215 cm³/mol. The minimum atomic E-state index is -0.359. The standard InChI is InChI=1S/C46H72O6/c1-5-8-10-11-12-17-21-38-51-45(47)35-24-39(4)49-36-19-15-13-14-16-20-37-50-43-33-29-42(30-34-43)46(48)52-44-31-27-41(28-32-44)26-25-40(22-7-3)23-18-9-6-2/h27-34,40H,4-26,35-38H2,1-3H3. The van der Waals surface area contributed by atoms with Gasteiger partial charge in [0.25, 0.3) is 0 Å². The number of esters is 2. The van der Waals surface area contributed by atoms with Gasteiger partial charge in [-0.1, -0.05) is 142 Å². The Labute approximate surface area is 317 Å². The quantitative estimate of drug-likeness (QED) is 0.0316. The summed E-state index contributed by atoms with van der Waals surface area (Å²) in [6.07, 6.45) is 25.9. The Bertz CT molecular complexity index is 1190. The van der Waals surface area contributed by atoms with Crippen LogP contribution in [0.1, 0.15) is 178 Å². The van der Waals surface area contributed by atoms with E-state index in [2.05, 4.69) is 39.5 Å². The highest BCUT2D eigenvalue weighted by Gasteiger charge is 2.11. The largest absolute Gasteiger partial charge is 0.499 e. The van der Waals surface area contributed by atoms with Gasteiger partial charge < -0.3 is 18.9 Å². The lowest BCUT2D eigenvalue weighted by molar-refractivity contribution is -0.143. The summed E-state index contributed by atoms with van der Waals surface area (Å²) in [5, 5.41) is 0. The van der Waals surface area contributed by atoms with E-state index in [0.717, 1.165) is 69.5 Å². The minimum Gasteiger partial charge on any atom is -0.499 e. The molecule has 0 aliphatic carbocycles. The van der Waals surface area contributed by atoms with E-state index in [-0.39, 0.29) is 11.9 Å². The second-order valence-electron chi connectivity index (χ2n) is 14.4. The normalized spacial score (nSPS) is 11.6. The molecular weight excluding hydrogens is 648 g/mol. The van der Waals surface area contributed by atoms with Crippen LogP contribution in [0.25, 0.3) is 0 Å². The molecule has 1 atom stereocenters.